The van der Waals surface area contributed by atoms with Crippen molar-refractivity contribution in [1.82, 2.24) is 0 Å². The fourth-order valence-electron chi connectivity index (χ4n) is 0. The average molecular weight is 187 g/mol. The largest absolute Gasteiger partial charge is 3.00 e. The van der Waals surface area contributed by atoms with E-state index in [4.69, 9.17) is 19.2 Å². The van der Waals surface area contributed by atoms with Crippen LogP contribution >= 0.6 is 7.82 Å². The second kappa shape index (κ2) is 5.40. The molecule has 0 aliphatic heterocycles. The summed E-state index contributed by atoms with van der Waals surface area (Å²) in [5.41, 5.74) is 0. The summed E-state index contributed by atoms with van der Waals surface area (Å²) in [6, 6.07) is 0. The van der Waals surface area contributed by atoms with Crippen molar-refractivity contribution in [3.63, 3.8) is 0 Å². The summed E-state index contributed by atoms with van der Waals surface area (Å²) in [4.78, 5) is 25.6. The van der Waals surface area contributed by atoms with Crippen molar-refractivity contribution in [1.29, 1.82) is 0 Å². The van der Waals surface area contributed by atoms with Crippen molar-refractivity contribution in [2.75, 3.05) is 0 Å². The van der Waals surface area contributed by atoms with E-state index in [9.17, 15) is 0 Å². The van der Waals surface area contributed by atoms with Crippen LogP contribution in [0.15, 0.2) is 0 Å². The van der Waals surface area contributed by atoms with Gasteiger partial charge in [0.1, 0.15) is 0 Å². The summed E-state index contributed by atoms with van der Waals surface area (Å²) in [7, 11) is -5.39. The normalized spacial score (nSPS) is 8.43. The molecule has 0 aliphatic rings. The molecular formula is AlO4PZn+2. The van der Waals surface area contributed by atoms with E-state index in [1.54, 1.807) is 0 Å². The van der Waals surface area contributed by atoms with Gasteiger partial charge >= 0.3 is 36.8 Å². The first kappa shape index (κ1) is 15.7. The first-order valence-corrected chi connectivity index (χ1v) is 2.19. The van der Waals surface area contributed by atoms with Gasteiger partial charge in [-0.2, -0.15) is 7.82 Å². The van der Waals surface area contributed by atoms with Crippen molar-refractivity contribution in [2.45, 2.75) is 0 Å². The standard InChI is InChI=1S/Al.H3O4P.Zn/c;1-5(2,3)4;/h;(H3,1,2,3,4);/q+3;;+2/p-3. The van der Waals surface area contributed by atoms with Crippen LogP contribution in [0, 0.1) is 0 Å². The van der Waals surface area contributed by atoms with E-state index < -0.39 is 7.82 Å². The zero-order valence-corrected chi connectivity index (χ0v) is 8.38. The van der Waals surface area contributed by atoms with Gasteiger partial charge in [0.2, 0.25) is 0 Å². The second-order valence-corrected chi connectivity index (χ2v) is 1.34. The van der Waals surface area contributed by atoms with Crippen LogP contribution in [0.25, 0.3) is 0 Å². The summed E-state index contributed by atoms with van der Waals surface area (Å²) in [5.74, 6) is 0. The molecule has 32 valence electrons. The maximum absolute atomic E-state index is 8.55. The third-order valence-electron chi connectivity index (χ3n) is 0. The number of hydrogen-bond donors (Lipinski definition) is 0. The number of rotatable bonds is 0. The van der Waals surface area contributed by atoms with Crippen molar-refractivity contribution in [2.24, 2.45) is 0 Å². The molecule has 0 heterocycles. The molecule has 0 bridgehead atoms. The molecule has 0 atom stereocenters. The zero-order valence-electron chi connectivity index (χ0n) is 3.36. The molecule has 7 heteroatoms. The Kier molecular flexibility index (Phi) is 12.1. The molecule has 0 aliphatic carbocycles. The number of hydrogen-bond acceptors (Lipinski definition) is 4. The van der Waals surface area contributed by atoms with Crippen molar-refractivity contribution < 1.29 is 38.7 Å². The maximum atomic E-state index is 8.55. The van der Waals surface area contributed by atoms with Gasteiger partial charge in [0.15, 0.2) is 0 Å². The van der Waals surface area contributed by atoms with Crippen LogP contribution in [-0.2, 0) is 24.0 Å². The summed E-state index contributed by atoms with van der Waals surface area (Å²) >= 11 is 0. The van der Waals surface area contributed by atoms with E-state index in [2.05, 4.69) is 0 Å². The van der Waals surface area contributed by atoms with Crippen LogP contribution in [0.3, 0.4) is 0 Å². The molecule has 0 saturated carbocycles. The molecule has 0 aromatic carbocycles. The van der Waals surface area contributed by atoms with Gasteiger partial charge in [-0.3, -0.25) is 0 Å². The van der Waals surface area contributed by atoms with E-state index in [-0.39, 0.29) is 36.8 Å². The second-order valence-electron chi connectivity index (χ2n) is 0.447. The zero-order chi connectivity index (χ0) is 4.50. The smallest absolute Gasteiger partial charge is 0.822 e. The first-order valence-electron chi connectivity index (χ1n) is 0.730. The Bertz CT molecular complexity index is 57.8. The molecule has 0 fully saturated rings. The van der Waals surface area contributed by atoms with Crippen LogP contribution in [0.4, 0.5) is 0 Å². The molecule has 4 nitrogen and oxygen atoms in total. The van der Waals surface area contributed by atoms with Gasteiger partial charge in [-0.15, -0.1) is 0 Å². The minimum atomic E-state index is -5.39. The van der Waals surface area contributed by atoms with E-state index in [0.717, 1.165) is 0 Å². The molecule has 0 spiro atoms. The van der Waals surface area contributed by atoms with Gasteiger partial charge in [0, 0.05) is 0 Å². The summed E-state index contributed by atoms with van der Waals surface area (Å²) in [6.45, 7) is 0. The SMILES string of the molecule is O=P([O-])([O-])[O-].[Al+3].[Zn+2]. The fraction of sp³-hybridized carbons (Fsp3) is 0. The Hall–Kier alpha value is 1.27. The predicted molar refractivity (Wildman–Crippen MR) is 13.4 cm³/mol. The van der Waals surface area contributed by atoms with Gasteiger partial charge in [-0.25, -0.2) is 0 Å². The molecule has 0 aromatic rings. The summed E-state index contributed by atoms with van der Waals surface area (Å²) in [6.07, 6.45) is 0. The van der Waals surface area contributed by atoms with Crippen molar-refractivity contribution in [3.8, 4) is 0 Å². The van der Waals surface area contributed by atoms with Gasteiger partial charge in [0.05, 0.1) is 0 Å². The predicted octanol–water partition coefficient (Wildman–Crippen LogP) is -3.21. The summed E-state index contributed by atoms with van der Waals surface area (Å²) in [5, 5.41) is 0. The summed E-state index contributed by atoms with van der Waals surface area (Å²) < 4.78 is 8.55. The minimum Gasteiger partial charge on any atom is -0.822 e. The molecule has 0 rings (SSSR count). The molecule has 0 N–H and O–H groups in total. The first-order chi connectivity index (χ1) is 2.00. The molecule has 0 amide bonds. The van der Waals surface area contributed by atoms with Crippen LogP contribution in [-0.4, -0.2) is 17.4 Å². The Morgan fingerprint density at radius 3 is 1.14 bits per heavy atom. The Balaban J connectivity index is -0.0000000800. The van der Waals surface area contributed by atoms with Crippen LogP contribution in [0.1, 0.15) is 0 Å². The van der Waals surface area contributed by atoms with Gasteiger partial charge < -0.3 is 19.2 Å². The molecule has 0 saturated heterocycles. The van der Waals surface area contributed by atoms with Crippen molar-refractivity contribution >= 4 is 25.2 Å². The molecular weight excluding hydrogens is 187 g/mol. The van der Waals surface area contributed by atoms with Crippen LogP contribution < -0.4 is 14.7 Å². The third kappa shape index (κ3) is 126. The minimum absolute atomic E-state index is 0. The van der Waals surface area contributed by atoms with Crippen LogP contribution in [0.2, 0.25) is 0 Å². The monoisotopic (exact) mass is 186 g/mol. The third-order valence-corrected chi connectivity index (χ3v) is 0. The average Bonchev–Trinajstić information content (AvgIpc) is 0.722. The molecule has 0 radical (unpaired) electrons. The van der Waals surface area contributed by atoms with E-state index >= 15 is 0 Å². The van der Waals surface area contributed by atoms with Gasteiger partial charge in [-0.05, 0) is 0 Å². The van der Waals surface area contributed by atoms with Crippen molar-refractivity contribution in [3.05, 3.63) is 0 Å². The Labute approximate surface area is 64.1 Å². The van der Waals surface area contributed by atoms with Gasteiger partial charge in [0.25, 0.3) is 0 Å². The quantitative estimate of drug-likeness (QED) is 0.295. The van der Waals surface area contributed by atoms with Gasteiger partial charge in [-0.1, -0.05) is 0 Å². The number of phosphoric acid groups is 1. The molecule has 0 aromatic heterocycles. The van der Waals surface area contributed by atoms with E-state index in [1.807, 2.05) is 0 Å². The van der Waals surface area contributed by atoms with Crippen LogP contribution in [0.5, 0.6) is 0 Å². The van der Waals surface area contributed by atoms with E-state index in [1.165, 1.54) is 0 Å². The molecule has 7 heavy (non-hydrogen) atoms. The fourth-order valence-corrected chi connectivity index (χ4v) is 0. The van der Waals surface area contributed by atoms with E-state index in [0.29, 0.717) is 0 Å². The topological polar surface area (TPSA) is 86.2 Å². The Morgan fingerprint density at radius 1 is 1.14 bits per heavy atom. The Morgan fingerprint density at radius 2 is 1.14 bits per heavy atom. The molecule has 0 unspecified atom stereocenters. The maximum Gasteiger partial charge on any atom is 3.00 e.